The summed E-state index contributed by atoms with van der Waals surface area (Å²) in [6.07, 6.45) is 0.235. The second kappa shape index (κ2) is 6.24. The van der Waals surface area contributed by atoms with E-state index in [2.05, 4.69) is 5.32 Å². The fourth-order valence-electron chi connectivity index (χ4n) is 3.26. The predicted octanol–water partition coefficient (Wildman–Crippen LogP) is 3.13. The van der Waals surface area contributed by atoms with Gasteiger partial charge < -0.3 is 15.0 Å². The molecular formula is C20H22N2O3. The minimum absolute atomic E-state index is 0.0677. The number of ether oxygens (including phenoxy) is 1. The van der Waals surface area contributed by atoms with Gasteiger partial charge in [0.1, 0.15) is 5.75 Å². The number of para-hydroxylation sites is 2. The fraction of sp³-hybridized carbons (Fsp3) is 0.300. The number of nitrogens with zero attached hydrogens (tertiary/aromatic N) is 1. The molecule has 25 heavy (non-hydrogen) atoms. The van der Waals surface area contributed by atoms with Crippen LogP contribution in [-0.2, 0) is 21.4 Å². The highest BCUT2D eigenvalue weighted by Gasteiger charge is 2.42. The summed E-state index contributed by atoms with van der Waals surface area (Å²) in [6, 6.07) is 13.1. The van der Waals surface area contributed by atoms with Gasteiger partial charge in [0.05, 0.1) is 24.6 Å². The Bertz CT molecular complexity index is 843. The van der Waals surface area contributed by atoms with E-state index in [4.69, 9.17) is 4.74 Å². The molecule has 0 unspecified atom stereocenters. The lowest BCUT2D eigenvalue weighted by Crippen LogP contribution is -2.33. The van der Waals surface area contributed by atoms with Crippen molar-refractivity contribution >= 4 is 23.2 Å². The van der Waals surface area contributed by atoms with Gasteiger partial charge in [0.15, 0.2) is 0 Å². The monoisotopic (exact) mass is 338 g/mol. The lowest BCUT2D eigenvalue weighted by molar-refractivity contribution is -0.121. The molecule has 3 rings (SSSR count). The number of methoxy groups -OCH3 is 1. The third kappa shape index (κ3) is 2.97. The van der Waals surface area contributed by atoms with Crippen molar-refractivity contribution in [2.45, 2.75) is 25.7 Å². The first kappa shape index (κ1) is 17.0. The number of hydrogen-bond donors (Lipinski definition) is 1. The van der Waals surface area contributed by atoms with Gasteiger partial charge in [0.25, 0.3) is 0 Å². The molecule has 0 saturated carbocycles. The van der Waals surface area contributed by atoms with Crippen molar-refractivity contribution in [3.63, 3.8) is 0 Å². The predicted molar refractivity (Wildman–Crippen MR) is 98.2 cm³/mol. The first-order chi connectivity index (χ1) is 11.8. The second-order valence-corrected chi connectivity index (χ2v) is 6.77. The summed E-state index contributed by atoms with van der Waals surface area (Å²) in [4.78, 5) is 26.4. The zero-order chi connectivity index (χ0) is 18.2. The van der Waals surface area contributed by atoms with E-state index in [9.17, 15) is 9.59 Å². The Kier molecular flexibility index (Phi) is 4.25. The first-order valence-electron chi connectivity index (χ1n) is 8.19. The molecule has 2 aromatic carbocycles. The molecule has 0 aliphatic carbocycles. The zero-order valence-corrected chi connectivity index (χ0v) is 14.9. The van der Waals surface area contributed by atoms with E-state index in [0.717, 1.165) is 16.8 Å². The van der Waals surface area contributed by atoms with Gasteiger partial charge in [-0.2, -0.15) is 0 Å². The SMILES string of the molecule is COc1ccccc1NC(=O)Cc1ccc2c(c1)C(C)(C)C(=O)N2C. The highest BCUT2D eigenvalue weighted by Crippen LogP contribution is 2.41. The minimum atomic E-state index is -0.570. The molecule has 5 nitrogen and oxygen atoms in total. The normalized spacial score (nSPS) is 15.0. The van der Waals surface area contributed by atoms with E-state index in [-0.39, 0.29) is 18.2 Å². The minimum Gasteiger partial charge on any atom is -0.495 e. The van der Waals surface area contributed by atoms with Crippen LogP contribution in [0.15, 0.2) is 42.5 Å². The van der Waals surface area contributed by atoms with E-state index < -0.39 is 5.41 Å². The molecule has 0 aromatic heterocycles. The Balaban J connectivity index is 1.80. The molecule has 1 N–H and O–H groups in total. The van der Waals surface area contributed by atoms with E-state index in [1.165, 1.54) is 0 Å². The third-order valence-electron chi connectivity index (χ3n) is 4.68. The third-order valence-corrected chi connectivity index (χ3v) is 4.68. The van der Waals surface area contributed by atoms with E-state index in [0.29, 0.717) is 11.4 Å². The topological polar surface area (TPSA) is 58.6 Å². The Morgan fingerprint density at radius 3 is 2.64 bits per heavy atom. The van der Waals surface area contributed by atoms with Gasteiger partial charge in [0, 0.05) is 12.7 Å². The fourth-order valence-corrected chi connectivity index (χ4v) is 3.26. The Labute approximate surface area is 147 Å². The summed E-state index contributed by atoms with van der Waals surface area (Å²) in [5, 5.41) is 2.87. The molecule has 2 amide bonds. The first-order valence-corrected chi connectivity index (χ1v) is 8.19. The summed E-state index contributed by atoms with van der Waals surface area (Å²) >= 11 is 0. The molecule has 0 bridgehead atoms. The maximum Gasteiger partial charge on any atom is 0.236 e. The Morgan fingerprint density at radius 2 is 1.92 bits per heavy atom. The lowest BCUT2D eigenvalue weighted by Gasteiger charge is -2.16. The molecule has 2 aromatic rings. The summed E-state index contributed by atoms with van der Waals surface area (Å²) in [5.41, 5.74) is 2.82. The highest BCUT2D eigenvalue weighted by atomic mass is 16.5. The molecule has 0 spiro atoms. The van der Waals surface area contributed by atoms with Gasteiger partial charge in [-0.25, -0.2) is 0 Å². The van der Waals surface area contributed by atoms with Gasteiger partial charge in [0.2, 0.25) is 11.8 Å². The van der Waals surface area contributed by atoms with Crippen molar-refractivity contribution < 1.29 is 14.3 Å². The van der Waals surface area contributed by atoms with Crippen LogP contribution in [0, 0.1) is 0 Å². The number of rotatable bonds is 4. The highest BCUT2D eigenvalue weighted by molar-refractivity contribution is 6.07. The number of hydrogen-bond acceptors (Lipinski definition) is 3. The van der Waals surface area contributed by atoms with Crippen molar-refractivity contribution in [1.29, 1.82) is 0 Å². The standard InChI is InChI=1S/C20H22N2O3/c1-20(2)14-11-13(9-10-16(14)22(3)19(20)24)12-18(23)21-15-7-5-6-8-17(15)25-4/h5-11H,12H2,1-4H3,(H,21,23). The van der Waals surface area contributed by atoms with Crippen LogP contribution in [-0.4, -0.2) is 26.0 Å². The molecule has 0 saturated heterocycles. The van der Waals surface area contributed by atoms with Crippen LogP contribution in [0.1, 0.15) is 25.0 Å². The molecular weight excluding hydrogens is 316 g/mol. The molecule has 0 atom stereocenters. The maximum absolute atomic E-state index is 12.4. The molecule has 1 heterocycles. The largest absolute Gasteiger partial charge is 0.495 e. The van der Waals surface area contributed by atoms with E-state index in [1.807, 2.05) is 44.2 Å². The van der Waals surface area contributed by atoms with Crippen LogP contribution in [0.5, 0.6) is 5.75 Å². The average molecular weight is 338 g/mol. The second-order valence-electron chi connectivity index (χ2n) is 6.77. The quantitative estimate of drug-likeness (QED) is 0.932. The number of nitrogens with one attached hydrogen (secondary N) is 1. The molecule has 5 heteroatoms. The molecule has 1 aliphatic rings. The van der Waals surface area contributed by atoms with E-state index in [1.54, 1.807) is 31.2 Å². The van der Waals surface area contributed by atoms with Gasteiger partial charge in [-0.3, -0.25) is 9.59 Å². The zero-order valence-electron chi connectivity index (χ0n) is 14.9. The van der Waals surface area contributed by atoms with Crippen LogP contribution in [0.3, 0.4) is 0 Å². The maximum atomic E-state index is 12.4. The van der Waals surface area contributed by atoms with Crippen LogP contribution in [0.4, 0.5) is 11.4 Å². The van der Waals surface area contributed by atoms with Gasteiger partial charge >= 0.3 is 0 Å². The number of carbonyl (C=O) groups is 2. The van der Waals surface area contributed by atoms with Crippen LogP contribution >= 0.6 is 0 Å². The van der Waals surface area contributed by atoms with Gasteiger partial charge in [-0.15, -0.1) is 0 Å². The van der Waals surface area contributed by atoms with Gasteiger partial charge in [-0.05, 0) is 43.2 Å². The number of fused-ring (bicyclic) bond motifs is 1. The van der Waals surface area contributed by atoms with Crippen molar-refractivity contribution in [1.82, 2.24) is 0 Å². The molecule has 0 radical (unpaired) electrons. The Morgan fingerprint density at radius 1 is 1.20 bits per heavy atom. The summed E-state index contributed by atoms with van der Waals surface area (Å²) in [7, 11) is 3.35. The van der Waals surface area contributed by atoms with Crippen molar-refractivity contribution in [2.24, 2.45) is 0 Å². The van der Waals surface area contributed by atoms with Crippen molar-refractivity contribution in [2.75, 3.05) is 24.4 Å². The summed E-state index contributed by atoms with van der Waals surface area (Å²) in [6.45, 7) is 3.83. The van der Waals surface area contributed by atoms with Gasteiger partial charge in [-0.1, -0.05) is 24.3 Å². The smallest absolute Gasteiger partial charge is 0.236 e. The van der Waals surface area contributed by atoms with Crippen LogP contribution < -0.4 is 15.0 Å². The number of benzene rings is 2. The lowest BCUT2D eigenvalue weighted by atomic mass is 9.85. The van der Waals surface area contributed by atoms with Crippen LogP contribution in [0.25, 0.3) is 0 Å². The van der Waals surface area contributed by atoms with Crippen LogP contribution in [0.2, 0.25) is 0 Å². The molecule has 130 valence electrons. The number of likely N-dealkylation sites (N-methyl/N-ethyl adjacent to an activating group) is 1. The Hall–Kier alpha value is -2.82. The van der Waals surface area contributed by atoms with Crippen molar-refractivity contribution in [3.8, 4) is 5.75 Å². The number of anilines is 2. The van der Waals surface area contributed by atoms with E-state index >= 15 is 0 Å². The average Bonchev–Trinajstić information content (AvgIpc) is 2.76. The van der Waals surface area contributed by atoms with Crippen molar-refractivity contribution in [3.05, 3.63) is 53.6 Å². The summed E-state index contributed by atoms with van der Waals surface area (Å²) < 4.78 is 5.25. The molecule has 1 aliphatic heterocycles. The molecule has 0 fully saturated rings. The number of amides is 2. The number of carbonyl (C=O) groups excluding carboxylic acids is 2. The summed E-state index contributed by atoms with van der Waals surface area (Å²) in [5.74, 6) is 0.566.